The molecule has 1 fully saturated rings. The van der Waals surface area contributed by atoms with Crippen molar-refractivity contribution in [1.82, 2.24) is 5.32 Å². The molecular weight excluding hydrogens is 362 g/mol. The topological polar surface area (TPSA) is 65.4 Å². The van der Waals surface area contributed by atoms with Crippen LogP contribution < -0.4 is 10.2 Å². The largest absolute Gasteiger partial charge is 0.446 e. The molecule has 0 radical (unpaired) electrons. The molecule has 150 valence electrons. The Hall–Kier alpha value is -3.00. The average Bonchev–Trinajstić information content (AvgIpc) is 2.74. The van der Waals surface area contributed by atoms with Crippen molar-refractivity contribution in [1.29, 1.82) is 5.26 Å². The number of ether oxygens (including phenoxy) is 1. The van der Waals surface area contributed by atoms with Gasteiger partial charge in [0.05, 0.1) is 17.7 Å². The van der Waals surface area contributed by atoms with E-state index in [1.165, 1.54) is 12.0 Å². The van der Waals surface area contributed by atoms with Crippen molar-refractivity contribution in [3.63, 3.8) is 0 Å². The summed E-state index contributed by atoms with van der Waals surface area (Å²) in [5.74, 6) is 0. The van der Waals surface area contributed by atoms with Gasteiger partial charge in [-0.1, -0.05) is 36.8 Å². The molecule has 0 spiro atoms. The Kier molecular flexibility index (Phi) is 6.00. The molecule has 1 N–H and O–H groups in total. The number of amides is 1. The zero-order valence-corrected chi connectivity index (χ0v) is 16.6. The van der Waals surface area contributed by atoms with Gasteiger partial charge in [-0.3, -0.25) is 0 Å². The van der Waals surface area contributed by atoms with Crippen molar-refractivity contribution >= 4 is 11.8 Å². The van der Waals surface area contributed by atoms with Gasteiger partial charge >= 0.3 is 6.09 Å². The zero-order valence-electron chi connectivity index (χ0n) is 16.6. The van der Waals surface area contributed by atoms with E-state index in [1.807, 2.05) is 36.4 Å². The molecule has 1 saturated carbocycles. The van der Waals surface area contributed by atoms with E-state index < -0.39 is 0 Å². The van der Waals surface area contributed by atoms with Crippen molar-refractivity contribution in [2.24, 2.45) is 0 Å². The number of nitriles is 1. The molecule has 0 unspecified atom stereocenters. The predicted molar refractivity (Wildman–Crippen MR) is 113 cm³/mol. The fourth-order valence-corrected chi connectivity index (χ4v) is 4.41. The molecule has 1 aliphatic carbocycles. The van der Waals surface area contributed by atoms with Gasteiger partial charge in [-0.25, -0.2) is 4.79 Å². The third-order valence-electron chi connectivity index (χ3n) is 5.82. The second-order valence-electron chi connectivity index (χ2n) is 8.03. The van der Waals surface area contributed by atoms with Gasteiger partial charge in [0.25, 0.3) is 0 Å². The Morgan fingerprint density at radius 3 is 2.69 bits per heavy atom. The normalized spacial score (nSPS) is 19.1. The highest BCUT2D eigenvalue weighted by molar-refractivity contribution is 5.69. The second-order valence-corrected chi connectivity index (χ2v) is 8.03. The first kappa shape index (κ1) is 19.3. The van der Waals surface area contributed by atoms with E-state index >= 15 is 0 Å². The van der Waals surface area contributed by atoms with E-state index in [2.05, 4.69) is 28.4 Å². The van der Waals surface area contributed by atoms with Crippen molar-refractivity contribution in [3.8, 4) is 6.07 Å². The van der Waals surface area contributed by atoms with E-state index in [0.29, 0.717) is 18.5 Å². The van der Waals surface area contributed by atoms with Gasteiger partial charge in [0.1, 0.15) is 6.10 Å². The molecule has 1 aliphatic heterocycles. The fraction of sp³-hybridized carbons (Fsp3) is 0.417. The Balaban J connectivity index is 1.48. The van der Waals surface area contributed by atoms with Crippen molar-refractivity contribution < 1.29 is 9.53 Å². The van der Waals surface area contributed by atoms with Gasteiger partial charge in [0, 0.05) is 18.8 Å². The van der Waals surface area contributed by atoms with E-state index in [1.54, 1.807) is 0 Å². The van der Waals surface area contributed by atoms with Crippen molar-refractivity contribution in [2.75, 3.05) is 11.4 Å². The quantitative estimate of drug-likeness (QED) is 0.833. The standard InChI is InChI=1S/C24H27N3O2/c25-15-19-11-12-23-20(13-19)14-21(17-27(23)16-18-7-3-1-4-8-18)26-24(28)29-22-9-5-2-6-10-22/h1,3-4,7-8,11-13,21-22H,2,5-6,9-10,14,16-17H2,(H,26,28)/t21-/m1/s1. The summed E-state index contributed by atoms with van der Waals surface area (Å²) in [5, 5.41) is 12.4. The summed E-state index contributed by atoms with van der Waals surface area (Å²) in [6.45, 7) is 1.48. The second kappa shape index (κ2) is 9.00. The van der Waals surface area contributed by atoms with Crippen LogP contribution in [-0.4, -0.2) is 24.8 Å². The van der Waals surface area contributed by atoms with E-state index in [0.717, 1.165) is 43.5 Å². The number of fused-ring (bicyclic) bond motifs is 1. The molecule has 2 aromatic carbocycles. The van der Waals surface area contributed by atoms with Gasteiger partial charge in [-0.05, 0) is 61.4 Å². The Morgan fingerprint density at radius 1 is 1.14 bits per heavy atom. The summed E-state index contributed by atoms with van der Waals surface area (Å²) in [6, 6.07) is 18.3. The highest BCUT2D eigenvalue weighted by Crippen LogP contribution is 2.30. The number of hydrogen-bond acceptors (Lipinski definition) is 4. The van der Waals surface area contributed by atoms with Gasteiger partial charge in [-0.2, -0.15) is 5.26 Å². The molecule has 4 rings (SSSR count). The lowest BCUT2D eigenvalue weighted by Crippen LogP contribution is -2.48. The Morgan fingerprint density at radius 2 is 1.93 bits per heavy atom. The lowest BCUT2D eigenvalue weighted by Gasteiger charge is -2.36. The zero-order chi connectivity index (χ0) is 20.1. The van der Waals surface area contributed by atoms with Crippen LogP contribution in [0.1, 0.15) is 48.8 Å². The first-order valence-electron chi connectivity index (χ1n) is 10.5. The number of nitrogens with zero attached hydrogens (tertiary/aromatic N) is 2. The maximum absolute atomic E-state index is 12.5. The third-order valence-corrected chi connectivity index (χ3v) is 5.82. The molecule has 0 bridgehead atoms. The van der Waals surface area contributed by atoms with Gasteiger partial charge < -0.3 is 15.0 Å². The molecule has 1 atom stereocenters. The minimum Gasteiger partial charge on any atom is -0.446 e. The van der Waals surface area contributed by atoms with Crippen LogP contribution in [0.3, 0.4) is 0 Å². The molecule has 2 aliphatic rings. The van der Waals surface area contributed by atoms with Crippen LogP contribution in [0.4, 0.5) is 10.5 Å². The minimum absolute atomic E-state index is 0.0451. The van der Waals surface area contributed by atoms with Crippen LogP contribution >= 0.6 is 0 Å². The number of carbonyl (C=O) groups is 1. The summed E-state index contributed by atoms with van der Waals surface area (Å²) in [5.41, 5.74) is 4.09. The number of nitrogens with one attached hydrogen (secondary N) is 1. The van der Waals surface area contributed by atoms with E-state index in [4.69, 9.17) is 4.74 Å². The predicted octanol–water partition coefficient (Wildman–Crippen LogP) is 4.55. The molecule has 0 aromatic heterocycles. The fourth-order valence-electron chi connectivity index (χ4n) is 4.41. The molecular formula is C24H27N3O2. The first-order valence-corrected chi connectivity index (χ1v) is 10.5. The maximum atomic E-state index is 12.5. The average molecular weight is 389 g/mol. The van der Waals surface area contributed by atoms with Crippen LogP contribution in [-0.2, 0) is 17.7 Å². The number of carbonyl (C=O) groups excluding carboxylic acids is 1. The third kappa shape index (κ3) is 4.89. The molecule has 5 heteroatoms. The summed E-state index contributed by atoms with van der Waals surface area (Å²) < 4.78 is 5.66. The summed E-state index contributed by atoms with van der Waals surface area (Å²) >= 11 is 0. The van der Waals surface area contributed by atoms with Crippen LogP contribution in [0, 0.1) is 11.3 Å². The van der Waals surface area contributed by atoms with E-state index in [9.17, 15) is 10.1 Å². The molecule has 2 aromatic rings. The summed E-state index contributed by atoms with van der Waals surface area (Å²) in [7, 11) is 0. The molecule has 5 nitrogen and oxygen atoms in total. The number of rotatable bonds is 4. The van der Waals surface area contributed by atoms with Gasteiger partial charge in [0.2, 0.25) is 0 Å². The van der Waals surface area contributed by atoms with Crippen LogP contribution in [0.2, 0.25) is 0 Å². The SMILES string of the molecule is N#Cc1ccc2c(c1)C[C@@H](NC(=O)OC1CCCCC1)CN2Cc1ccccc1. The monoisotopic (exact) mass is 389 g/mol. The van der Waals surface area contributed by atoms with Crippen LogP contribution in [0.15, 0.2) is 48.5 Å². The Labute approximate surface area is 172 Å². The maximum Gasteiger partial charge on any atom is 0.407 e. The first-order chi connectivity index (χ1) is 14.2. The molecule has 1 heterocycles. The summed E-state index contributed by atoms with van der Waals surface area (Å²) in [6.07, 6.45) is 5.87. The van der Waals surface area contributed by atoms with Crippen molar-refractivity contribution in [3.05, 3.63) is 65.2 Å². The van der Waals surface area contributed by atoms with Crippen LogP contribution in [0.25, 0.3) is 0 Å². The lowest BCUT2D eigenvalue weighted by molar-refractivity contribution is 0.0729. The van der Waals surface area contributed by atoms with Crippen LogP contribution in [0.5, 0.6) is 0 Å². The number of anilines is 1. The lowest BCUT2D eigenvalue weighted by atomic mass is 9.95. The minimum atomic E-state index is -0.318. The van der Waals surface area contributed by atoms with Gasteiger partial charge in [-0.15, -0.1) is 0 Å². The Bertz CT molecular complexity index is 885. The van der Waals surface area contributed by atoms with Crippen molar-refractivity contribution in [2.45, 2.75) is 57.2 Å². The van der Waals surface area contributed by atoms with E-state index in [-0.39, 0.29) is 18.2 Å². The molecule has 1 amide bonds. The number of benzene rings is 2. The number of alkyl carbamates (subject to hydrolysis) is 1. The number of hydrogen-bond donors (Lipinski definition) is 1. The highest BCUT2D eigenvalue weighted by Gasteiger charge is 2.27. The smallest absolute Gasteiger partial charge is 0.407 e. The molecule has 29 heavy (non-hydrogen) atoms. The van der Waals surface area contributed by atoms with Gasteiger partial charge in [0.15, 0.2) is 0 Å². The molecule has 0 saturated heterocycles. The highest BCUT2D eigenvalue weighted by atomic mass is 16.6. The summed E-state index contributed by atoms with van der Waals surface area (Å²) in [4.78, 5) is 14.8.